The van der Waals surface area contributed by atoms with Gasteiger partial charge in [-0.1, -0.05) is 13.8 Å². The molecule has 2 rings (SSSR count). The molecule has 0 saturated heterocycles. The zero-order chi connectivity index (χ0) is 25.6. The van der Waals surface area contributed by atoms with Gasteiger partial charge in [0, 0.05) is 24.6 Å². The van der Waals surface area contributed by atoms with Crippen molar-refractivity contribution in [3.8, 4) is 11.3 Å². The number of aliphatic hydroxyl groups excluding tert-OH is 1. The van der Waals surface area contributed by atoms with E-state index < -0.39 is 33.7 Å². The number of carbonyl (C=O) groups excluding carboxylic acids is 2. The van der Waals surface area contributed by atoms with E-state index in [9.17, 15) is 27.5 Å². The maximum atomic E-state index is 13.5. The summed E-state index contributed by atoms with van der Waals surface area (Å²) in [6.45, 7) is 3.69. The molecule has 184 valence electrons. The number of nitrogens with zero attached hydrogens (tertiary/aromatic N) is 3. The van der Waals surface area contributed by atoms with E-state index in [1.54, 1.807) is 0 Å². The van der Waals surface area contributed by atoms with Crippen LogP contribution in [0.4, 0.5) is 10.3 Å². The summed E-state index contributed by atoms with van der Waals surface area (Å²) < 4.78 is 43.1. The normalized spacial score (nSPS) is 12.7. The molecular formula is C23H28FN3O6S. The first-order chi connectivity index (χ1) is 15.8. The Morgan fingerprint density at radius 2 is 1.79 bits per heavy atom. The summed E-state index contributed by atoms with van der Waals surface area (Å²) in [6.07, 6.45) is 1.92. The average Bonchev–Trinajstić information content (AvgIpc) is 2.76. The number of sulfonamides is 1. The fourth-order valence-electron chi connectivity index (χ4n) is 3.02. The van der Waals surface area contributed by atoms with E-state index in [4.69, 9.17) is 0 Å². The first kappa shape index (κ1) is 27.1. The summed E-state index contributed by atoms with van der Waals surface area (Å²) in [5, 5.41) is 9.92. The molecule has 1 aromatic heterocycles. The molecule has 1 aromatic carbocycles. The molecule has 0 bridgehead atoms. The number of ketones is 1. The maximum Gasteiger partial charge on any atom is 0.308 e. The Kier molecular flexibility index (Phi) is 9.00. The van der Waals surface area contributed by atoms with Gasteiger partial charge in [0.05, 0.1) is 37.3 Å². The zero-order valence-corrected chi connectivity index (χ0v) is 20.5. The van der Waals surface area contributed by atoms with Crippen molar-refractivity contribution in [2.45, 2.75) is 38.7 Å². The van der Waals surface area contributed by atoms with E-state index in [-0.39, 0.29) is 24.7 Å². The van der Waals surface area contributed by atoms with E-state index in [0.717, 1.165) is 10.6 Å². The number of halogens is 1. The van der Waals surface area contributed by atoms with Crippen molar-refractivity contribution in [3.05, 3.63) is 47.4 Å². The van der Waals surface area contributed by atoms with Crippen LogP contribution in [-0.4, -0.2) is 61.8 Å². The van der Waals surface area contributed by atoms with Crippen LogP contribution >= 0.6 is 0 Å². The number of aliphatic hydroxyl groups is 1. The van der Waals surface area contributed by atoms with Gasteiger partial charge in [0.1, 0.15) is 5.82 Å². The number of methoxy groups -OCH3 is 1. The highest BCUT2D eigenvalue weighted by Gasteiger charge is 2.22. The Morgan fingerprint density at radius 3 is 2.32 bits per heavy atom. The van der Waals surface area contributed by atoms with Crippen LogP contribution in [0.2, 0.25) is 0 Å². The summed E-state index contributed by atoms with van der Waals surface area (Å²) in [5.74, 6) is -1.80. The molecule has 0 amide bonds. The number of benzene rings is 1. The van der Waals surface area contributed by atoms with E-state index in [0.29, 0.717) is 22.5 Å². The van der Waals surface area contributed by atoms with Crippen LogP contribution in [0, 0.1) is 5.82 Å². The summed E-state index contributed by atoms with van der Waals surface area (Å²) in [7, 11) is -1.15. The lowest BCUT2D eigenvalue weighted by atomic mass is 9.97. The smallest absolute Gasteiger partial charge is 0.308 e. The van der Waals surface area contributed by atoms with Crippen molar-refractivity contribution in [3.63, 3.8) is 0 Å². The first-order valence-corrected chi connectivity index (χ1v) is 12.3. The molecule has 1 N–H and O–H groups in total. The number of aromatic nitrogens is 2. The average molecular weight is 494 g/mol. The molecule has 11 heteroatoms. The van der Waals surface area contributed by atoms with Crippen molar-refractivity contribution < 1.29 is 32.2 Å². The van der Waals surface area contributed by atoms with Gasteiger partial charge in [-0.3, -0.25) is 9.59 Å². The second-order valence-corrected chi connectivity index (χ2v) is 10.0. The third-order valence-corrected chi connectivity index (χ3v) is 6.07. The van der Waals surface area contributed by atoms with E-state index >= 15 is 0 Å². The van der Waals surface area contributed by atoms with Gasteiger partial charge in [-0.2, -0.15) is 0 Å². The molecule has 0 saturated carbocycles. The van der Waals surface area contributed by atoms with Crippen LogP contribution in [0.3, 0.4) is 0 Å². The van der Waals surface area contributed by atoms with Crippen LogP contribution in [0.1, 0.15) is 43.9 Å². The largest absolute Gasteiger partial charge is 0.469 e. The lowest BCUT2D eigenvalue weighted by Gasteiger charge is -2.20. The predicted octanol–water partition coefficient (Wildman–Crippen LogP) is 2.70. The number of allylic oxidation sites excluding steroid dienone is 1. The third kappa shape index (κ3) is 7.16. The number of esters is 1. The van der Waals surface area contributed by atoms with Crippen LogP contribution in [0.25, 0.3) is 17.3 Å². The van der Waals surface area contributed by atoms with Gasteiger partial charge < -0.3 is 9.84 Å². The van der Waals surface area contributed by atoms with Crippen molar-refractivity contribution in [2.75, 3.05) is 24.7 Å². The topological polar surface area (TPSA) is 127 Å². The highest BCUT2D eigenvalue weighted by atomic mass is 32.2. The minimum atomic E-state index is -3.66. The van der Waals surface area contributed by atoms with Gasteiger partial charge >= 0.3 is 5.97 Å². The summed E-state index contributed by atoms with van der Waals surface area (Å²) in [6, 6.07) is 5.47. The summed E-state index contributed by atoms with van der Waals surface area (Å²) >= 11 is 0. The highest BCUT2D eigenvalue weighted by molar-refractivity contribution is 7.92. The first-order valence-electron chi connectivity index (χ1n) is 10.4. The number of hydrogen-bond acceptors (Lipinski definition) is 8. The lowest BCUT2D eigenvalue weighted by Crippen LogP contribution is -2.27. The van der Waals surface area contributed by atoms with Crippen molar-refractivity contribution in [1.29, 1.82) is 0 Å². The third-order valence-electron chi connectivity index (χ3n) is 4.91. The van der Waals surface area contributed by atoms with Gasteiger partial charge in [-0.25, -0.2) is 27.1 Å². The lowest BCUT2D eigenvalue weighted by molar-refractivity contribution is -0.143. The zero-order valence-electron chi connectivity index (χ0n) is 19.6. The van der Waals surface area contributed by atoms with E-state index in [2.05, 4.69) is 14.7 Å². The molecule has 0 spiro atoms. The second kappa shape index (κ2) is 11.3. The highest BCUT2D eigenvalue weighted by Crippen LogP contribution is 2.31. The number of rotatable bonds is 10. The minimum absolute atomic E-state index is 0.0671. The summed E-state index contributed by atoms with van der Waals surface area (Å²) in [5.41, 5.74) is 1.72. The molecule has 9 nitrogen and oxygen atoms in total. The molecule has 0 aliphatic carbocycles. The number of hydrogen-bond donors (Lipinski definition) is 1. The molecule has 0 aliphatic rings. The number of carbonyl (C=O) groups is 2. The minimum Gasteiger partial charge on any atom is -0.469 e. The van der Waals surface area contributed by atoms with Crippen LogP contribution < -0.4 is 4.31 Å². The van der Waals surface area contributed by atoms with Crippen molar-refractivity contribution in [2.24, 2.45) is 0 Å². The van der Waals surface area contributed by atoms with Crippen LogP contribution in [-0.2, 0) is 24.3 Å². The quantitative estimate of drug-likeness (QED) is 0.395. The summed E-state index contributed by atoms with van der Waals surface area (Å²) in [4.78, 5) is 32.5. The van der Waals surface area contributed by atoms with Gasteiger partial charge in [0.2, 0.25) is 16.0 Å². The Morgan fingerprint density at radius 1 is 1.18 bits per heavy atom. The van der Waals surface area contributed by atoms with Gasteiger partial charge in [0.25, 0.3) is 0 Å². The monoisotopic (exact) mass is 493 g/mol. The Labute approximate surface area is 198 Å². The molecule has 0 unspecified atom stereocenters. The number of anilines is 1. The SMILES string of the molecule is COC(=O)C[C@H](O)CC(=O)/C=C\c1c(-c2ccc(F)cc2)nc(N(C)S(C)(=O)=O)nc1C(C)C. The molecule has 0 fully saturated rings. The van der Waals surface area contributed by atoms with Crippen LogP contribution in [0.5, 0.6) is 0 Å². The van der Waals surface area contributed by atoms with Crippen LogP contribution in [0.15, 0.2) is 30.3 Å². The van der Waals surface area contributed by atoms with Gasteiger partial charge in [-0.15, -0.1) is 0 Å². The standard InChI is InChI=1S/C23H28FN3O6S/c1-14(2)21-19(11-10-17(28)12-18(29)13-20(30)33-4)22(15-6-8-16(24)9-7-15)26-23(25-21)27(3)34(5,31)32/h6-11,14,18,29H,12-13H2,1-5H3/b11-10-/t18-/m1/s1. The predicted molar refractivity (Wildman–Crippen MR) is 126 cm³/mol. The van der Waals surface area contributed by atoms with Gasteiger partial charge in [0.15, 0.2) is 5.78 Å². The second-order valence-electron chi connectivity index (χ2n) is 8.00. The van der Waals surface area contributed by atoms with Crippen molar-refractivity contribution >= 4 is 33.8 Å². The fraction of sp³-hybridized carbons (Fsp3) is 0.391. The molecule has 1 heterocycles. The Bertz CT molecular complexity index is 1180. The molecule has 0 aliphatic heterocycles. The molecule has 34 heavy (non-hydrogen) atoms. The van der Waals surface area contributed by atoms with Gasteiger partial charge in [-0.05, 0) is 42.3 Å². The van der Waals surface area contributed by atoms with Crippen molar-refractivity contribution in [1.82, 2.24) is 9.97 Å². The Balaban J connectivity index is 2.58. The molecular weight excluding hydrogens is 465 g/mol. The molecule has 2 aromatic rings. The van der Waals surface area contributed by atoms with E-state index in [1.807, 2.05) is 13.8 Å². The van der Waals surface area contributed by atoms with E-state index in [1.165, 1.54) is 50.6 Å². The maximum absolute atomic E-state index is 13.5. The fourth-order valence-corrected chi connectivity index (χ4v) is 3.40. The Hall–Kier alpha value is -3.18. The molecule has 1 atom stereocenters. The molecule has 0 radical (unpaired) electrons. The number of ether oxygens (including phenoxy) is 1.